The Labute approximate surface area is 95.2 Å². The zero-order valence-electron chi connectivity index (χ0n) is 9.73. The van der Waals surface area contributed by atoms with Crippen molar-refractivity contribution in [1.29, 1.82) is 0 Å². The highest BCUT2D eigenvalue weighted by atomic mass is 16.5. The Morgan fingerprint density at radius 1 is 1.56 bits per heavy atom. The molecule has 16 heavy (non-hydrogen) atoms. The summed E-state index contributed by atoms with van der Waals surface area (Å²) in [4.78, 5) is 10.7. The first-order valence-corrected chi connectivity index (χ1v) is 5.48. The zero-order valence-corrected chi connectivity index (χ0v) is 9.73. The van der Waals surface area contributed by atoms with Gasteiger partial charge < -0.3 is 14.3 Å². The molecule has 4 heteroatoms. The minimum Gasteiger partial charge on any atom is -0.475 e. The van der Waals surface area contributed by atoms with E-state index in [0.717, 1.165) is 12.8 Å². The number of aromatic carboxylic acids is 1. The van der Waals surface area contributed by atoms with Crippen LogP contribution in [0.4, 0.5) is 0 Å². The number of ether oxygens (including phenoxy) is 1. The smallest absolute Gasteiger partial charge is 0.372 e. The van der Waals surface area contributed by atoms with Crippen LogP contribution in [-0.2, 0) is 11.3 Å². The maximum absolute atomic E-state index is 10.7. The highest BCUT2D eigenvalue weighted by Crippen LogP contribution is 2.12. The maximum atomic E-state index is 10.7. The molecule has 1 aromatic heterocycles. The van der Waals surface area contributed by atoms with Gasteiger partial charge in [-0.2, -0.15) is 0 Å². The van der Waals surface area contributed by atoms with Crippen LogP contribution in [0.1, 0.15) is 42.8 Å². The van der Waals surface area contributed by atoms with Crippen molar-refractivity contribution in [3.8, 4) is 0 Å². The average Bonchev–Trinajstić information content (AvgIpc) is 2.65. The normalized spacial score (nSPS) is 10.9. The second kappa shape index (κ2) is 6.33. The van der Waals surface area contributed by atoms with Crippen molar-refractivity contribution in [2.24, 2.45) is 5.92 Å². The lowest BCUT2D eigenvalue weighted by Gasteiger charge is -2.05. The highest BCUT2D eigenvalue weighted by Gasteiger charge is 2.13. The molecule has 0 atom stereocenters. The number of hydrogen-bond acceptors (Lipinski definition) is 3. The van der Waals surface area contributed by atoms with Gasteiger partial charge in [-0.25, -0.2) is 4.79 Å². The second-order valence-corrected chi connectivity index (χ2v) is 4.17. The number of furan rings is 1. The topological polar surface area (TPSA) is 59.7 Å². The molecule has 0 aliphatic heterocycles. The van der Waals surface area contributed by atoms with Gasteiger partial charge in [0.15, 0.2) is 0 Å². The fraction of sp³-hybridized carbons (Fsp3) is 0.583. The summed E-state index contributed by atoms with van der Waals surface area (Å²) in [5.41, 5.74) is 0.594. The summed E-state index contributed by atoms with van der Waals surface area (Å²) in [5.74, 6) is -0.401. The average molecular weight is 226 g/mol. The summed E-state index contributed by atoms with van der Waals surface area (Å²) in [6, 6.07) is 1.63. The predicted molar refractivity (Wildman–Crippen MR) is 59.4 cm³/mol. The van der Waals surface area contributed by atoms with E-state index in [1.807, 2.05) is 0 Å². The molecule has 0 radical (unpaired) electrons. The lowest BCUT2D eigenvalue weighted by Crippen LogP contribution is -2.02. The van der Waals surface area contributed by atoms with Crippen LogP contribution in [0.5, 0.6) is 0 Å². The Hall–Kier alpha value is -1.29. The Kier molecular flexibility index (Phi) is 5.05. The molecule has 1 rings (SSSR count). The molecule has 0 fully saturated rings. The van der Waals surface area contributed by atoms with Gasteiger partial charge in [-0.3, -0.25) is 0 Å². The van der Waals surface area contributed by atoms with Gasteiger partial charge >= 0.3 is 5.97 Å². The third-order valence-corrected chi connectivity index (χ3v) is 2.27. The van der Waals surface area contributed by atoms with Gasteiger partial charge in [0.1, 0.15) is 0 Å². The van der Waals surface area contributed by atoms with Crippen LogP contribution in [0.3, 0.4) is 0 Å². The van der Waals surface area contributed by atoms with Gasteiger partial charge in [0, 0.05) is 12.2 Å². The molecule has 0 spiro atoms. The summed E-state index contributed by atoms with van der Waals surface area (Å²) in [7, 11) is 0. The first-order chi connectivity index (χ1) is 7.61. The van der Waals surface area contributed by atoms with Crippen molar-refractivity contribution in [2.75, 3.05) is 6.61 Å². The molecule has 0 saturated carbocycles. The van der Waals surface area contributed by atoms with Crippen LogP contribution in [0.15, 0.2) is 16.7 Å². The van der Waals surface area contributed by atoms with Gasteiger partial charge in [0.05, 0.1) is 12.9 Å². The van der Waals surface area contributed by atoms with Crippen LogP contribution in [0.25, 0.3) is 0 Å². The van der Waals surface area contributed by atoms with E-state index in [4.69, 9.17) is 14.3 Å². The van der Waals surface area contributed by atoms with Crippen molar-refractivity contribution < 1.29 is 19.1 Å². The van der Waals surface area contributed by atoms with Gasteiger partial charge in [-0.1, -0.05) is 13.8 Å². The zero-order chi connectivity index (χ0) is 12.0. The number of carboxylic acids is 1. The molecule has 0 amide bonds. The Morgan fingerprint density at radius 3 is 2.94 bits per heavy atom. The molecule has 0 aliphatic rings. The molecule has 0 unspecified atom stereocenters. The van der Waals surface area contributed by atoms with Gasteiger partial charge in [-0.05, 0) is 24.8 Å². The SMILES string of the molecule is CC(C)CCCOCc1ccoc1C(=O)O. The largest absolute Gasteiger partial charge is 0.475 e. The molecule has 1 heterocycles. The van der Waals surface area contributed by atoms with Crippen molar-refractivity contribution in [3.05, 3.63) is 23.7 Å². The molecule has 1 aromatic rings. The summed E-state index contributed by atoms with van der Waals surface area (Å²) >= 11 is 0. The van der Waals surface area contributed by atoms with Crippen LogP contribution in [0, 0.1) is 5.92 Å². The first-order valence-electron chi connectivity index (χ1n) is 5.48. The second-order valence-electron chi connectivity index (χ2n) is 4.17. The summed E-state index contributed by atoms with van der Waals surface area (Å²) in [6.45, 7) is 5.29. The van der Waals surface area contributed by atoms with E-state index in [-0.39, 0.29) is 5.76 Å². The van der Waals surface area contributed by atoms with E-state index >= 15 is 0 Å². The molecule has 0 saturated heterocycles. The lowest BCUT2D eigenvalue weighted by atomic mass is 10.1. The van der Waals surface area contributed by atoms with Crippen molar-refractivity contribution >= 4 is 5.97 Å². The third kappa shape index (κ3) is 4.06. The maximum Gasteiger partial charge on any atom is 0.372 e. The van der Waals surface area contributed by atoms with E-state index in [1.165, 1.54) is 6.26 Å². The summed E-state index contributed by atoms with van der Waals surface area (Å²) in [6.07, 6.45) is 3.49. The van der Waals surface area contributed by atoms with Gasteiger partial charge in [0.2, 0.25) is 5.76 Å². The minimum absolute atomic E-state index is 0.0242. The lowest BCUT2D eigenvalue weighted by molar-refractivity contribution is 0.0649. The number of hydrogen-bond donors (Lipinski definition) is 1. The Bertz CT molecular complexity index is 328. The molecular formula is C12H18O4. The predicted octanol–water partition coefficient (Wildman–Crippen LogP) is 2.93. The number of rotatable bonds is 7. The molecule has 0 aliphatic carbocycles. The molecule has 1 N–H and O–H groups in total. The summed E-state index contributed by atoms with van der Waals surface area (Å²) < 4.78 is 10.2. The quantitative estimate of drug-likeness (QED) is 0.726. The van der Waals surface area contributed by atoms with E-state index in [2.05, 4.69) is 13.8 Å². The summed E-state index contributed by atoms with van der Waals surface area (Å²) in [5, 5.41) is 8.78. The Morgan fingerprint density at radius 2 is 2.31 bits per heavy atom. The van der Waals surface area contributed by atoms with Crippen LogP contribution >= 0.6 is 0 Å². The van der Waals surface area contributed by atoms with E-state index in [9.17, 15) is 4.79 Å². The molecule has 4 nitrogen and oxygen atoms in total. The fourth-order valence-corrected chi connectivity index (χ4v) is 1.41. The van der Waals surface area contributed by atoms with Crippen molar-refractivity contribution in [1.82, 2.24) is 0 Å². The minimum atomic E-state index is -1.05. The van der Waals surface area contributed by atoms with E-state index in [0.29, 0.717) is 24.7 Å². The standard InChI is InChI=1S/C12H18O4/c1-9(2)4-3-6-15-8-10-5-7-16-11(10)12(13)14/h5,7,9H,3-4,6,8H2,1-2H3,(H,13,14). The van der Waals surface area contributed by atoms with Gasteiger partial charge in [-0.15, -0.1) is 0 Å². The van der Waals surface area contributed by atoms with Crippen molar-refractivity contribution in [2.45, 2.75) is 33.3 Å². The highest BCUT2D eigenvalue weighted by molar-refractivity contribution is 5.85. The number of carboxylic acid groups (broad SMARTS) is 1. The fourth-order valence-electron chi connectivity index (χ4n) is 1.41. The van der Waals surface area contributed by atoms with Crippen molar-refractivity contribution in [3.63, 3.8) is 0 Å². The molecule has 0 bridgehead atoms. The molecule has 90 valence electrons. The van der Waals surface area contributed by atoms with E-state index in [1.54, 1.807) is 6.07 Å². The monoisotopic (exact) mass is 226 g/mol. The van der Waals surface area contributed by atoms with Crippen LogP contribution in [0.2, 0.25) is 0 Å². The van der Waals surface area contributed by atoms with Gasteiger partial charge in [0.25, 0.3) is 0 Å². The first kappa shape index (κ1) is 12.8. The number of carbonyl (C=O) groups is 1. The van der Waals surface area contributed by atoms with Crippen LogP contribution < -0.4 is 0 Å². The molecular weight excluding hydrogens is 208 g/mol. The third-order valence-electron chi connectivity index (χ3n) is 2.27. The Balaban J connectivity index is 2.27. The van der Waals surface area contributed by atoms with Crippen LogP contribution in [-0.4, -0.2) is 17.7 Å². The molecule has 0 aromatic carbocycles. The van der Waals surface area contributed by atoms with E-state index < -0.39 is 5.97 Å².